The second-order valence-corrected chi connectivity index (χ2v) is 14.7. The van der Waals surface area contributed by atoms with Gasteiger partial charge in [0.15, 0.2) is 37.6 Å². The van der Waals surface area contributed by atoms with Crippen molar-refractivity contribution in [2.24, 2.45) is 0 Å². The zero-order chi connectivity index (χ0) is 43.8. The predicted molar refractivity (Wildman–Crippen MR) is 177 cm³/mol. The monoisotopic (exact) mass is 867 g/mol. The third-order valence-corrected chi connectivity index (χ3v) is 10.6. The minimum absolute atomic E-state index is 0.783. The van der Waals surface area contributed by atoms with E-state index in [0.717, 1.165) is 6.92 Å². The van der Waals surface area contributed by atoms with Gasteiger partial charge in [-0.1, -0.05) is 0 Å². The number of hydrogen-bond donors (Lipinski definition) is 16. The van der Waals surface area contributed by atoms with Crippen LogP contribution in [0.15, 0.2) is 0 Å². The van der Waals surface area contributed by atoms with Crippen molar-refractivity contribution in [1.29, 1.82) is 0 Å². The quantitative estimate of drug-likeness (QED) is 0.0817. The fourth-order valence-electron chi connectivity index (χ4n) is 7.35. The number of aliphatic hydroxyl groups excluding tert-OH is 14. The Labute approximate surface area is 333 Å². The maximum atomic E-state index is 12.6. The molecule has 0 aromatic carbocycles. The number of aliphatic carboxylic acids is 1. The zero-order valence-corrected chi connectivity index (χ0v) is 31.3. The summed E-state index contributed by atoms with van der Waals surface area (Å²) in [5, 5.41) is 160. The van der Waals surface area contributed by atoms with Crippen LogP contribution >= 0.6 is 0 Å². The number of carbonyl (C=O) groups excluding carboxylic acids is 1. The van der Waals surface area contributed by atoms with Crippen molar-refractivity contribution < 1.29 is 129 Å². The maximum absolute atomic E-state index is 12.6. The van der Waals surface area contributed by atoms with Crippen LogP contribution in [0.3, 0.4) is 0 Å². The van der Waals surface area contributed by atoms with Gasteiger partial charge in [-0.25, -0.2) is 4.79 Å². The van der Waals surface area contributed by atoms with Crippen LogP contribution in [-0.4, -0.2) is 262 Å². The Morgan fingerprint density at radius 1 is 0.492 bits per heavy atom. The van der Waals surface area contributed by atoms with Gasteiger partial charge in [-0.2, -0.15) is 0 Å². The normalized spacial score (nSPS) is 50.9. The van der Waals surface area contributed by atoms with E-state index in [1.54, 1.807) is 0 Å². The zero-order valence-electron chi connectivity index (χ0n) is 31.3. The summed E-state index contributed by atoms with van der Waals surface area (Å²) in [6.07, 6.45) is -46.8. The Bertz CT molecular complexity index is 1380. The molecule has 5 aliphatic heterocycles. The van der Waals surface area contributed by atoms with E-state index in [1.165, 1.54) is 6.92 Å². The Balaban J connectivity index is 1.48. The first-order chi connectivity index (χ1) is 27.7. The molecule has 1 amide bonds. The number of carboxylic acids is 1. The molecule has 5 saturated heterocycles. The molecule has 1 unspecified atom stereocenters. The van der Waals surface area contributed by atoms with Crippen LogP contribution in [0.1, 0.15) is 13.8 Å². The van der Waals surface area contributed by atoms with Gasteiger partial charge in [0.2, 0.25) is 5.91 Å². The first kappa shape index (κ1) is 48.1. The van der Waals surface area contributed by atoms with E-state index in [1.807, 2.05) is 0 Å². The largest absolute Gasteiger partial charge is 0.479 e. The Kier molecular flexibility index (Phi) is 16.3. The number of hydrogen-bond acceptors (Lipinski definition) is 25. The molecule has 0 radical (unpaired) electrons. The number of rotatable bonds is 13. The molecule has 5 rings (SSSR count). The average molecular weight is 868 g/mol. The maximum Gasteiger partial charge on any atom is 0.335 e. The van der Waals surface area contributed by atoms with E-state index in [0.29, 0.717) is 0 Å². The minimum Gasteiger partial charge on any atom is -0.479 e. The molecule has 25 atom stereocenters. The molecule has 5 heterocycles. The number of carbonyl (C=O) groups is 2. The highest BCUT2D eigenvalue weighted by atomic mass is 16.8. The summed E-state index contributed by atoms with van der Waals surface area (Å²) in [6.45, 7) is -0.517. The van der Waals surface area contributed by atoms with Crippen molar-refractivity contribution in [3.8, 4) is 0 Å². The van der Waals surface area contributed by atoms with Gasteiger partial charge >= 0.3 is 5.97 Å². The van der Waals surface area contributed by atoms with Gasteiger partial charge in [0.05, 0.1) is 25.9 Å². The molecule has 0 bridgehead atoms. The van der Waals surface area contributed by atoms with Gasteiger partial charge in [-0.3, -0.25) is 4.79 Å². The molecular formula is C32H53NO26. The van der Waals surface area contributed by atoms with E-state index in [2.05, 4.69) is 5.32 Å². The summed E-state index contributed by atoms with van der Waals surface area (Å²) in [6, 6.07) is -1.64. The summed E-state index contributed by atoms with van der Waals surface area (Å²) >= 11 is 0. The number of aliphatic hydroxyl groups is 14. The molecule has 0 aromatic heterocycles. The second kappa shape index (κ2) is 20.0. The van der Waals surface area contributed by atoms with Crippen LogP contribution in [0.2, 0.25) is 0 Å². The predicted octanol–water partition coefficient (Wildman–Crippen LogP) is -10.7. The summed E-state index contributed by atoms with van der Waals surface area (Å²) in [5.41, 5.74) is 0. The van der Waals surface area contributed by atoms with Crippen molar-refractivity contribution in [2.75, 3.05) is 19.8 Å². The average Bonchev–Trinajstić information content (AvgIpc) is 3.19. The molecule has 0 saturated carbocycles. The summed E-state index contributed by atoms with van der Waals surface area (Å²) in [5.74, 6) is -2.67. The van der Waals surface area contributed by atoms with E-state index < -0.39 is 185 Å². The Morgan fingerprint density at radius 3 is 1.53 bits per heavy atom. The molecular weight excluding hydrogens is 814 g/mol. The highest BCUT2D eigenvalue weighted by Crippen LogP contribution is 2.37. The summed E-state index contributed by atoms with van der Waals surface area (Å²) in [4.78, 5) is 24.6. The lowest BCUT2D eigenvalue weighted by atomic mass is 9.94. The van der Waals surface area contributed by atoms with Gasteiger partial charge in [-0.05, 0) is 6.92 Å². The fraction of sp³-hybridized carbons (Fsp3) is 0.938. The first-order valence-electron chi connectivity index (χ1n) is 18.5. The molecule has 5 aliphatic rings. The van der Waals surface area contributed by atoms with Crippen LogP contribution in [0, 0.1) is 0 Å². The minimum atomic E-state index is -2.36. The molecule has 27 nitrogen and oxygen atoms in total. The van der Waals surface area contributed by atoms with Crippen LogP contribution in [0.25, 0.3) is 0 Å². The summed E-state index contributed by atoms with van der Waals surface area (Å²) in [7, 11) is 0. The van der Waals surface area contributed by atoms with E-state index in [-0.39, 0.29) is 0 Å². The second-order valence-electron chi connectivity index (χ2n) is 14.7. The molecule has 342 valence electrons. The standard InChI is InChI=1S/C32H53NO26/c1-6-22(17(43)19(45)28(50)51-6)55-32-26(23(14(40)10(5-36)54-32)57-30-20(46)16(42)13(39)9(4-35)53-30)59-31-21(47)18(44)24(25(58-31)27(48)49)56-29-11(33-7(2)37)15(41)12(38)8(3-34)52-29/h6,8-26,28-32,34-36,38-47,50H,3-5H2,1-2H3,(H,33,37)(H,48,49)/t6-,8+,9+,10+,11+,12+,13-,14+,15+,16-,17-,18+,19+,20+,21+,22-,23-,24-,25-,26-,28?,29-,30+,31-,32+/m0/s1. The molecule has 0 aromatic rings. The lowest BCUT2D eigenvalue weighted by Crippen LogP contribution is -2.69. The van der Waals surface area contributed by atoms with Crippen molar-refractivity contribution in [1.82, 2.24) is 5.32 Å². The van der Waals surface area contributed by atoms with E-state index >= 15 is 0 Å². The highest BCUT2D eigenvalue weighted by Gasteiger charge is 2.58. The molecule has 0 spiro atoms. The van der Waals surface area contributed by atoms with Gasteiger partial charge < -0.3 is 125 Å². The lowest BCUT2D eigenvalue weighted by molar-refractivity contribution is -0.406. The van der Waals surface area contributed by atoms with Crippen molar-refractivity contribution in [2.45, 2.75) is 167 Å². The molecule has 59 heavy (non-hydrogen) atoms. The topological polar surface area (TPSA) is 433 Å². The molecule has 0 aliphatic carbocycles. The van der Waals surface area contributed by atoms with Crippen molar-refractivity contribution in [3.63, 3.8) is 0 Å². The number of carboxylic acid groups (broad SMARTS) is 1. The number of nitrogens with one attached hydrogen (secondary N) is 1. The Hall–Kier alpha value is -1.98. The number of ether oxygens (including phenoxy) is 9. The van der Waals surface area contributed by atoms with Gasteiger partial charge in [-0.15, -0.1) is 0 Å². The van der Waals surface area contributed by atoms with E-state index in [4.69, 9.17) is 42.6 Å². The van der Waals surface area contributed by atoms with Crippen LogP contribution in [0.5, 0.6) is 0 Å². The molecule has 16 N–H and O–H groups in total. The third kappa shape index (κ3) is 9.97. The van der Waals surface area contributed by atoms with Gasteiger partial charge in [0, 0.05) is 6.92 Å². The smallest absolute Gasteiger partial charge is 0.335 e. The van der Waals surface area contributed by atoms with Crippen molar-refractivity contribution in [3.05, 3.63) is 0 Å². The van der Waals surface area contributed by atoms with E-state index in [9.17, 15) is 86.2 Å². The molecule has 27 heteroatoms. The fourth-order valence-corrected chi connectivity index (χ4v) is 7.35. The summed E-state index contributed by atoms with van der Waals surface area (Å²) < 4.78 is 50.6. The van der Waals surface area contributed by atoms with Crippen LogP contribution in [0.4, 0.5) is 0 Å². The highest BCUT2D eigenvalue weighted by molar-refractivity contribution is 5.74. The van der Waals surface area contributed by atoms with Crippen LogP contribution in [-0.2, 0) is 52.2 Å². The first-order valence-corrected chi connectivity index (χ1v) is 18.5. The van der Waals surface area contributed by atoms with Crippen molar-refractivity contribution >= 4 is 11.9 Å². The lowest BCUT2D eigenvalue weighted by Gasteiger charge is -2.50. The van der Waals surface area contributed by atoms with Crippen LogP contribution < -0.4 is 5.32 Å². The van der Waals surface area contributed by atoms with Gasteiger partial charge in [0.25, 0.3) is 0 Å². The Morgan fingerprint density at radius 2 is 0.949 bits per heavy atom. The SMILES string of the molecule is CC(=O)N[C@H]1[C@H](O[C@H]2[C@H](O)[C@@H](O)[C@H](O[C@@H]3[C@@H](O[C@@H]4[C@@H](O)[C@@H](O)C(O)O[C@H]4C)O[C@H](CO)[C@@H](O)[C@@H]3O[C@H]3O[C@H](CO)[C@H](O)[C@H](O)[C@H]3O)O[C@@H]2C(=O)O)O[C@H](CO)[C@@H](O)[C@@H]1O. The van der Waals surface area contributed by atoms with Gasteiger partial charge in [0.1, 0.15) is 110 Å². The third-order valence-electron chi connectivity index (χ3n) is 10.6. The number of amides is 1. The molecule has 5 fully saturated rings.